The van der Waals surface area contributed by atoms with Crippen LogP contribution in [0.4, 0.5) is 5.69 Å². The lowest BCUT2D eigenvalue weighted by atomic mass is 10.2. The quantitative estimate of drug-likeness (QED) is 0.449. The van der Waals surface area contributed by atoms with Gasteiger partial charge in [0.25, 0.3) is 0 Å². The van der Waals surface area contributed by atoms with Gasteiger partial charge in [-0.15, -0.1) is 0 Å². The average molecular weight is 322 g/mol. The third kappa shape index (κ3) is 1.86. The van der Waals surface area contributed by atoms with E-state index in [2.05, 4.69) is 20.9 Å². The maximum atomic E-state index is 10.8. The van der Waals surface area contributed by atoms with Crippen LogP contribution in [0.2, 0.25) is 10.0 Å². The number of fused-ring (bicyclic) bond motifs is 1. The Bertz CT molecular complexity index is 604. The highest BCUT2D eigenvalue weighted by Crippen LogP contribution is 2.37. The number of pyridine rings is 1. The summed E-state index contributed by atoms with van der Waals surface area (Å²) in [5.41, 5.74) is 0.270. The molecule has 0 spiro atoms. The van der Waals surface area contributed by atoms with E-state index in [1.54, 1.807) is 18.2 Å². The van der Waals surface area contributed by atoms with Crippen LogP contribution in [0.3, 0.4) is 0 Å². The van der Waals surface area contributed by atoms with Gasteiger partial charge >= 0.3 is 5.69 Å². The summed E-state index contributed by atoms with van der Waals surface area (Å²) >= 11 is 14.7. The molecule has 0 saturated heterocycles. The van der Waals surface area contributed by atoms with Crippen LogP contribution >= 0.6 is 39.1 Å². The molecule has 1 aromatic carbocycles. The Hall–Kier alpha value is -0.910. The molecule has 0 saturated carbocycles. The van der Waals surface area contributed by atoms with E-state index in [-0.39, 0.29) is 15.3 Å². The zero-order valence-electron chi connectivity index (χ0n) is 7.58. The van der Waals surface area contributed by atoms with E-state index >= 15 is 0 Å². The molecule has 0 unspecified atom stereocenters. The van der Waals surface area contributed by atoms with Gasteiger partial charge in [0.2, 0.25) is 0 Å². The maximum absolute atomic E-state index is 10.8. The van der Waals surface area contributed by atoms with Crippen molar-refractivity contribution in [2.75, 3.05) is 0 Å². The van der Waals surface area contributed by atoms with Gasteiger partial charge in [-0.2, -0.15) is 0 Å². The number of nitro groups is 1. The highest BCUT2D eigenvalue weighted by Gasteiger charge is 2.21. The number of benzene rings is 1. The molecule has 1 aromatic heterocycles. The monoisotopic (exact) mass is 320 g/mol. The van der Waals surface area contributed by atoms with Crippen molar-refractivity contribution in [3.8, 4) is 0 Å². The molecule has 7 heteroatoms. The Labute approximate surface area is 108 Å². The largest absolute Gasteiger partial charge is 0.321 e. The lowest BCUT2D eigenvalue weighted by Gasteiger charge is -2.03. The Morgan fingerprint density at radius 1 is 1.38 bits per heavy atom. The van der Waals surface area contributed by atoms with Gasteiger partial charge in [0, 0.05) is 10.4 Å². The predicted molar refractivity (Wildman–Crippen MR) is 66.1 cm³/mol. The Kier molecular flexibility index (Phi) is 3.01. The molecule has 0 bridgehead atoms. The molecule has 0 atom stereocenters. The van der Waals surface area contributed by atoms with Gasteiger partial charge in [0.15, 0.2) is 4.60 Å². The number of hydrogen-bond donors (Lipinski definition) is 0. The first-order chi connectivity index (χ1) is 7.50. The van der Waals surface area contributed by atoms with Crippen LogP contribution in [0.1, 0.15) is 0 Å². The molecule has 82 valence electrons. The number of rotatable bonds is 1. The second-order valence-corrected chi connectivity index (χ2v) is 4.55. The Morgan fingerprint density at radius 3 is 2.69 bits per heavy atom. The van der Waals surface area contributed by atoms with Crippen LogP contribution in [0.25, 0.3) is 10.9 Å². The molecule has 0 aliphatic rings. The number of halogens is 3. The summed E-state index contributed by atoms with van der Waals surface area (Å²) in [4.78, 5) is 14.2. The van der Waals surface area contributed by atoms with E-state index in [1.807, 2.05) is 0 Å². The van der Waals surface area contributed by atoms with Gasteiger partial charge in [0.05, 0.1) is 10.4 Å². The van der Waals surface area contributed by atoms with Crippen molar-refractivity contribution in [2.45, 2.75) is 0 Å². The molecule has 0 N–H and O–H groups in total. The molecule has 0 aliphatic heterocycles. The molecular formula is C9H3BrCl2N2O2. The van der Waals surface area contributed by atoms with Crippen molar-refractivity contribution in [1.29, 1.82) is 0 Å². The summed E-state index contributed by atoms with van der Waals surface area (Å²) in [7, 11) is 0. The standard InChI is InChI=1S/C9H3BrCl2N2O2/c10-9-8(14(15)16)7(12)5-2-1-4(11)3-6(5)13-9/h1-3H. The predicted octanol–water partition coefficient (Wildman–Crippen LogP) is 4.21. The SMILES string of the molecule is O=[N+]([O-])c1c(Br)nc2cc(Cl)ccc2c1Cl. The van der Waals surface area contributed by atoms with Crippen LogP contribution in [0, 0.1) is 10.1 Å². The molecule has 16 heavy (non-hydrogen) atoms. The summed E-state index contributed by atoms with van der Waals surface area (Å²) in [6, 6.07) is 4.80. The van der Waals surface area contributed by atoms with Gasteiger partial charge in [-0.25, -0.2) is 4.98 Å². The van der Waals surface area contributed by atoms with Crippen LogP contribution in [-0.4, -0.2) is 9.91 Å². The highest BCUT2D eigenvalue weighted by atomic mass is 79.9. The zero-order valence-corrected chi connectivity index (χ0v) is 10.7. The van der Waals surface area contributed by atoms with Crippen molar-refractivity contribution in [3.63, 3.8) is 0 Å². The lowest BCUT2D eigenvalue weighted by molar-refractivity contribution is -0.385. The van der Waals surface area contributed by atoms with E-state index < -0.39 is 4.92 Å². The first-order valence-corrected chi connectivity index (χ1v) is 5.64. The van der Waals surface area contributed by atoms with Gasteiger partial charge < -0.3 is 0 Å². The van der Waals surface area contributed by atoms with E-state index in [9.17, 15) is 10.1 Å². The van der Waals surface area contributed by atoms with Crippen LogP contribution in [-0.2, 0) is 0 Å². The molecule has 2 rings (SSSR count). The smallest absolute Gasteiger partial charge is 0.258 e. The fourth-order valence-electron chi connectivity index (χ4n) is 1.32. The van der Waals surface area contributed by atoms with Gasteiger partial charge in [-0.05, 0) is 34.1 Å². The lowest BCUT2D eigenvalue weighted by Crippen LogP contribution is -1.94. The van der Waals surface area contributed by atoms with Crippen molar-refractivity contribution < 1.29 is 4.92 Å². The van der Waals surface area contributed by atoms with Crippen LogP contribution in [0.15, 0.2) is 22.8 Å². The summed E-state index contributed by atoms with van der Waals surface area (Å²) in [6.07, 6.45) is 0. The Morgan fingerprint density at radius 2 is 2.06 bits per heavy atom. The summed E-state index contributed by atoms with van der Waals surface area (Å²) in [5, 5.41) is 11.8. The fraction of sp³-hybridized carbons (Fsp3) is 0. The molecular weight excluding hydrogens is 319 g/mol. The minimum atomic E-state index is -0.576. The minimum Gasteiger partial charge on any atom is -0.258 e. The third-order valence-electron chi connectivity index (χ3n) is 2.00. The molecule has 0 radical (unpaired) electrons. The number of nitrogens with zero attached hydrogens (tertiary/aromatic N) is 2. The van der Waals surface area contributed by atoms with Gasteiger partial charge in [-0.1, -0.05) is 23.2 Å². The van der Waals surface area contributed by atoms with Crippen LogP contribution in [0.5, 0.6) is 0 Å². The van der Waals surface area contributed by atoms with Crippen LogP contribution < -0.4 is 0 Å². The van der Waals surface area contributed by atoms with Crippen molar-refractivity contribution in [1.82, 2.24) is 4.98 Å². The molecule has 0 aliphatic carbocycles. The summed E-state index contributed by atoms with van der Waals surface area (Å²) < 4.78 is 0.0947. The summed E-state index contributed by atoms with van der Waals surface area (Å²) in [6.45, 7) is 0. The third-order valence-corrected chi connectivity index (χ3v) is 3.17. The zero-order chi connectivity index (χ0) is 11.9. The minimum absolute atomic E-state index is 0.0542. The van der Waals surface area contributed by atoms with E-state index in [0.717, 1.165) is 0 Å². The number of hydrogen-bond acceptors (Lipinski definition) is 3. The van der Waals surface area contributed by atoms with Gasteiger partial charge in [-0.3, -0.25) is 10.1 Å². The van der Waals surface area contributed by atoms with E-state index in [0.29, 0.717) is 15.9 Å². The van der Waals surface area contributed by atoms with Crippen molar-refractivity contribution >= 4 is 55.7 Å². The van der Waals surface area contributed by atoms with E-state index in [1.165, 1.54) is 0 Å². The first kappa shape index (κ1) is 11.6. The van der Waals surface area contributed by atoms with Crippen molar-refractivity contribution in [3.05, 3.63) is 43.0 Å². The maximum Gasteiger partial charge on any atom is 0.321 e. The molecule has 0 fully saturated rings. The normalized spacial score (nSPS) is 10.7. The number of aromatic nitrogens is 1. The fourth-order valence-corrected chi connectivity index (χ4v) is 2.45. The first-order valence-electron chi connectivity index (χ1n) is 4.09. The summed E-state index contributed by atoms with van der Waals surface area (Å²) in [5.74, 6) is 0. The Balaban J connectivity index is 2.89. The second kappa shape index (κ2) is 4.16. The topological polar surface area (TPSA) is 56.0 Å². The highest BCUT2D eigenvalue weighted by molar-refractivity contribution is 9.10. The van der Waals surface area contributed by atoms with Crippen molar-refractivity contribution in [2.24, 2.45) is 0 Å². The molecule has 0 amide bonds. The molecule has 2 aromatic rings. The van der Waals surface area contributed by atoms with E-state index in [4.69, 9.17) is 23.2 Å². The molecule has 1 heterocycles. The second-order valence-electron chi connectivity index (χ2n) is 2.98. The molecule has 4 nitrogen and oxygen atoms in total. The van der Waals surface area contributed by atoms with Gasteiger partial charge in [0.1, 0.15) is 5.02 Å². The average Bonchev–Trinajstić information content (AvgIpc) is 2.15.